The Balaban J connectivity index is 1.68. The van der Waals surface area contributed by atoms with Crippen molar-refractivity contribution in [1.82, 2.24) is 4.98 Å². The van der Waals surface area contributed by atoms with Crippen molar-refractivity contribution in [2.75, 3.05) is 7.11 Å². The van der Waals surface area contributed by atoms with Gasteiger partial charge in [0.15, 0.2) is 11.6 Å². The molecule has 1 aliphatic carbocycles. The zero-order chi connectivity index (χ0) is 26.7. The highest BCUT2D eigenvalue weighted by atomic mass is 19.1. The molecule has 0 radical (unpaired) electrons. The first-order valence-corrected chi connectivity index (χ1v) is 12.2. The summed E-state index contributed by atoms with van der Waals surface area (Å²) in [6.45, 7) is 4.35. The summed E-state index contributed by atoms with van der Waals surface area (Å²) in [4.78, 5) is 14.8. The molecule has 1 aromatic heterocycles. The van der Waals surface area contributed by atoms with E-state index in [1.165, 1.54) is 7.11 Å². The number of carboxylic acids is 1. The normalized spacial score (nSPS) is 16.5. The number of carbonyl (C=O) groups is 1. The van der Waals surface area contributed by atoms with Crippen LogP contribution in [0.15, 0.2) is 42.6 Å². The number of rotatable bonds is 9. The van der Waals surface area contributed by atoms with E-state index in [2.05, 4.69) is 18.8 Å². The summed E-state index contributed by atoms with van der Waals surface area (Å²) in [5.41, 5.74) is 2.74. The molecule has 8 heteroatoms. The Morgan fingerprint density at radius 3 is 2.59 bits per heavy atom. The van der Waals surface area contributed by atoms with Gasteiger partial charge in [0.05, 0.1) is 13.3 Å². The Morgan fingerprint density at radius 1 is 1.14 bits per heavy atom. The van der Waals surface area contributed by atoms with Crippen LogP contribution in [0.4, 0.5) is 13.2 Å². The maximum atomic E-state index is 14.9. The summed E-state index contributed by atoms with van der Waals surface area (Å²) < 4.78 is 54.8. The lowest BCUT2D eigenvalue weighted by Gasteiger charge is -2.30. The lowest BCUT2D eigenvalue weighted by atomic mass is 9.75. The number of aliphatic carboxylic acids is 1. The predicted octanol–water partition coefficient (Wildman–Crippen LogP) is 7.06. The summed E-state index contributed by atoms with van der Waals surface area (Å²) in [6.07, 6.45) is 3.70. The first-order valence-electron chi connectivity index (χ1n) is 12.2. The van der Waals surface area contributed by atoms with Crippen molar-refractivity contribution in [3.63, 3.8) is 0 Å². The Labute approximate surface area is 214 Å². The highest BCUT2D eigenvalue weighted by Gasteiger charge is 2.37. The van der Waals surface area contributed by atoms with Gasteiger partial charge in [-0.05, 0) is 58.9 Å². The topological polar surface area (TPSA) is 68.7 Å². The number of aromatic nitrogens is 1. The molecule has 0 aliphatic heterocycles. The second-order valence-corrected chi connectivity index (χ2v) is 10.1. The predicted molar refractivity (Wildman–Crippen MR) is 133 cm³/mol. The number of carboxylic acid groups (broad SMARTS) is 1. The van der Waals surface area contributed by atoms with Crippen molar-refractivity contribution >= 4 is 5.97 Å². The molecule has 0 amide bonds. The SMILES string of the molecule is COc1cc(-c2ccc(COc3cc(F)cc(CCC(=O)O)c3F)cc2C2CCCC2(C)C)c(F)cn1. The highest BCUT2D eigenvalue weighted by molar-refractivity contribution is 5.70. The van der Waals surface area contributed by atoms with Crippen molar-refractivity contribution in [3.8, 4) is 22.8 Å². The average Bonchev–Trinajstić information content (AvgIpc) is 3.22. The largest absolute Gasteiger partial charge is 0.486 e. The second-order valence-electron chi connectivity index (χ2n) is 10.1. The minimum atomic E-state index is -1.10. The van der Waals surface area contributed by atoms with Crippen molar-refractivity contribution in [1.29, 1.82) is 0 Å². The second kappa shape index (κ2) is 10.8. The lowest BCUT2D eigenvalue weighted by Crippen LogP contribution is -2.17. The number of hydrogen-bond donors (Lipinski definition) is 1. The molecule has 1 saturated carbocycles. The van der Waals surface area contributed by atoms with Gasteiger partial charge in [-0.1, -0.05) is 38.5 Å². The average molecular weight is 514 g/mol. The van der Waals surface area contributed by atoms with Gasteiger partial charge in [-0.2, -0.15) is 0 Å². The molecule has 5 nitrogen and oxygen atoms in total. The Bertz CT molecular complexity index is 1310. The van der Waals surface area contributed by atoms with Gasteiger partial charge in [0.2, 0.25) is 5.88 Å². The third-order valence-electron chi connectivity index (χ3n) is 7.16. The van der Waals surface area contributed by atoms with Crippen molar-refractivity contribution < 1.29 is 32.5 Å². The van der Waals surface area contributed by atoms with Crippen LogP contribution in [-0.2, 0) is 17.8 Å². The molecule has 1 aliphatic rings. The van der Waals surface area contributed by atoms with Crippen LogP contribution in [0.25, 0.3) is 11.1 Å². The van der Waals surface area contributed by atoms with E-state index in [-0.39, 0.29) is 42.1 Å². The van der Waals surface area contributed by atoms with Crippen molar-refractivity contribution in [2.24, 2.45) is 5.41 Å². The number of halogens is 3. The maximum absolute atomic E-state index is 14.9. The summed E-state index contributed by atoms with van der Waals surface area (Å²) in [5.74, 6) is -2.85. The Kier molecular flexibility index (Phi) is 7.76. The summed E-state index contributed by atoms with van der Waals surface area (Å²) in [5, 5.41) is 8.88. The highest BCUT2D eigenvalue weighted by Crippen LogP contribution is 2.51. The minimum Gasteiger partial charge on any atom is -0.486 e. The molecule has 1 heterocycles. The van der Waals surface area contributed by atoms with Gasteiger partial charge in [0.1, 0.15) is 18.2 Å². The van der Waals surface area contributed by atoms with Crippen molar-refractivity contribution in [2.45, 2.75) is 58.5 Å². The first kappa shape index (κ1) is 26.5. The maximum Gasteiger partial charge on any atom is 0.303 e. The number of methoxy groups -OCH3 is 1. The number of hydrogen-bond acceptors (Lipinski definition) is 4. The van der Waals surface area contributed by atoms with Gasteiger partial charge >= 0.3 is 5.97 Å². The van der Waals surface area contributed by atoms with Crippen LogP contribution in [0.2, 0.25) is 0 Å². The molecule has 3 aromatic rings. The number of ether oxygens (including phenoxy) is 2. The summed E-state index contributed by atoms with van der Waals surface area (Å²) >= 11 is 0. The third kappa shape index (κ3) is 5.89. The van der Waals surface area contributed by atoms with E-state index in [9.17, 15) is 18.0 Å². The molecule has 0 spiro atoms. The molecule has 1 N–H and O–H groups in total. The van der Waals surface area contributed by atoms with Crippen LogP contribution in [0.1, 0.15) is 62.1 Å². The summed E-state index contributed by atoms with van der Waals surface area (Å²) in [7, 11) is 1.48. The molecule has 1 fully saturated rings. The van der Waals surface area contributed by atoms with E-state index in [1.54, 1.807) is 12.1 Å². The number of aryl methyl sites for hydroxylation is 1. The fourth-order valence-corrected chi connectivity index (χ4v) is 5.18. The van der Waals surface area contributed by atoms with E-state index < -0.39 is 23.4 Å². The van der Waals surface area contributed by atoms with Crippen LogP contribution in [0, 0.1) is 22.9 Å². The number of pyridine rings is 1. The molecule has 1 unspecified atom stereocenters. The Hall–Kier alpha value is -3.55. The monoisotopic (exact) mass is 513 g/mol. The van der Waals surface area contributed by atoms with Gasteiger partial charge in [-0.15, -0.1) is 0 Å². The molecule has 4 rings (SSSR count). The molecular formula is C29H30F3NO4. The zero-order valence-corrected chi connectivity index (χ0v) is 21.1. The molecule has 196 valence electrons. The standard InChI is InChI=1S/C29H30F3NO4/c1-29(2)10-4-5-23(29)21-11-17(6-8-20(21)22-14-26(36-3)33-15-24(22)31)16-37-25-13-19(30)12-18(28(25)32)7-9-27(34)35/h6,8,11-15,23H,4-5,7,9-10,16H2,1-3H3,(H,34,35). The number of benzene rings is 2. The van der Waals surface area contributed by atoms with Crippen LogP contribution in [0.3, 0.4) is 0 Å². The van der Waals surface area contributed by atoms with Gasteiger partial charge < -0.3 is 14.6 Å². The minimum absolute atomic E-state index is 0.00443. The van der Waals surface area contributed by atoms with E-state index in [4.69, 9.17) is 14.6 Å². The van der Waals surface area contributed by atoms with Crippen LogP contribution >= 0.6 is 0 Å². The molecule has 0 saturated heterocycles. The quantitative estimate of drug-likeness (QED) is 0.332. The lowest BCUT2D eigenvalue weighted by molar-refractivity contribution is -0.136. The summed E-state index contributed by atoms with van der Waals surface area (Å²) in [6, 6.07) is 9.05. The first-order chi connectivity index (χ1) is 17.6. The van der Waals surface area contributed by atoms with E-state index in [0.717, 1.165) is 54.3 Å². The molecule has 2 aromatic carbocycles. The molecule has 0 bridgehead atoms. The van der Waals surface area contributed by atoms with Crippen LogP contribution in [-0.4, -0.2) is 23.2 Å². The van der Waals surface area contributed by atoms with Gasteiger partial charge in [-0.25, -0.2) is 18.2 Å². The number of nitrogens with zero attached hydrogens (tertiary/aromatic N) is 1. The molecular weight excluding hydrogens is 483 g/mol. The van der Waals surface area contributed by atoms with Gasteiger partial charge in [0, 0.05) is 24.1 Å². The fraction of sp³-hybridized carbons (Fsp3) is 0.379. The molecule has 37 heavy (non-hydrogen) atoms. The third-order valence-corrected chi connectivity index (χ3v) is 7.16. The van der Waals surface area contributed by atoms with E-state index in [1.807, 2.05) is 12.1 Å². The fourth-order valence-electron chi connectivity index (χ4n) is 5.18. The van der Waals surface area contributed by atoms with Crippen LogP contribution in [0.5, 0.6) is 11.6 Å². The molecule has 1 atom stereocenters. The van der Waals surface area contributed by atoms with E-state index in [0.29, 0.717) is 11.4 Å². The van der Waals surface area contributed by atoms with E-state index >= 15 is 0 Å². The Morgan fingerprint density at radius 2 is 1.92 bits per heavy atom. The smallest absolute Gasteiger partial charge is 0.303 e. The van der Waals surface area contributed by atoms with Crippen molar-refractivity contribution in [3.05, 3.63) is 76.7 Å². The van der Waals surface area contributed by atoms with Crippen LogP contribution < -0.4 is 9.47 Å². The van der Waals surface area contributed by atoms with Gasteiger partial charge in [-0.3, -0.25) is 4.79 Å². The van der Waals surface area contributed by atoms with Gasteiger partial charge in [0.25, 0.3) is 0 Å². The zero-order valence-electron chi connectivity index (χ0n) is 21.1.